The highest BCUT2D eigenvalue weighted by molar-refractivity contribution is 5.49. The maximum atomic E-state index is 9.36. The predicted octanol–water partition coefficient (Wildman–Crippen LogP) is 2.20. The van der Waals surface area contributed by atoms with Crippen molar-refractivity contribution in [2.45, 2.75) is 33.3 Å². The molecule has 102 valence electrons. The van der Waals surface area contributed by atoms with Crippen molar-refractivity contribution in [2.24, 2.45) is 0 Å². The molecule has 0 bridgehead atoms. The highest BCUT2D eigenvalue weighted by atomic mass is 16.5. The van der Waals surface area contributed by atoms with Crippen molar-refractivity contribution in [3.8, 4) is 11.4 Å². The van der Waals surface area contributed by atoms with Gasteiger partial charge in [-0.05, 0) is 30.5 Å². The Morgan fingerprint density at radius 1 is 1.37 bits per heavy atom. The van der Waals surface area contributed by atoms with Gasteiger partial charge in [0, 0.05) is 0 Å². The van der Waals surface area contributed by atoms with Gasteiger partial charge < -0.3 is 9.84 Å². The van der Waals surface area contributed by atoms with Crippen LogP contribution in [-0.4, -0.2) is 27.2 Å². The van der Waals surface area contributed by atoms with Crippen LogP contribution in [0.4, 0.5) is 0 Å². The Kier molecular flexibility index (Phi) is 3.85. The van der Waals surface area contributed by atoms with Gasteiger partial charge in [0.15, 0.2) is 0 Å². The number of rotatable bonds is 4. The lowest BCUT2D eigenvalue weighted by Crippen LogP contribution is -2.07. The van der Waals surface area contributed by atoms with Crippen molar-refractivity contribution in [3.63, 3.8) is 0 Å². The fraction of sp³-hybridized carbons (Fsp3) is 0.429. The summed E-state index contributed by atoms with van der Waals surface area (Å²) in [5.41, 5.74) is 3.48. The van der Waals surface area contributed by atoms with Crippen molar-refractivity contribution < 1.29 is 9.84 Å². The molecule has 0 spiro atoms. The van der Waals surface area contributed by atoms with E-state index in [1.165, 1.54) is 0 Å². The average Bonchev–Trinajstić information content (AvgIpc) is 2.82. The zero-order valence-corrected chi connectivity index (χ0v) is 11.7. The third-order valence-electron chi connectivity index (χ3n) is 3.04. The number of benzene rings is 1. The van der Waals surface area contributed by atoms with Crippen molar-refractivity contribution >= 4 is 0 Å². The first-order valence-electron chi connectivity index (χ1n) is 6.28. The fourth-order valence-corrected chi connectivity index (χ4v) is 2.15. The number of nitrogens with zero attached hydrogens (tertiary/aromatic N) is 3. The largest absolute Gasteiger partial charge is 0.494 e. The monoisotopic (exact) mass is 261 g/mol. The number of methoxy groups -OCH3 is 1. The molecule has 1 N–H and O–H groups in total. The first-order valence-corrected chi connectivity index (χ1v) is 6.28. The number of aliphatic hydroxyl groups is 1. The Hall–Kier alpha value is -1.88. The second kappa shape index (κ2) is 5.40. The van der Waals surface area contributed by atoms with Gasteiger partial charge in [-0.2, -0.15) is 0 Å². The van der Waals surface area contributed by atoms with Crippen molar-refractivity contribution in [3.05, 3.63) is 35.2 Å². The lowest BCUT2D eigenvalue weighted by atomic mass is 10.1. The molecule has 0 atom stereocenters. The maximum absolute atomic E-state index is 9.36. The third-order valence-corrected chi connectivity index (χ3v) is 3.04. The molecule has 2 rings (SSSR count). The van der Waals surface area contributed by atoms with Crippen LogP contribution in [-0.2, 0) is 6.61 Å². The maximum Gasteiger partial charge on any atom is 0.144 e. The predicted molar refractivity (Wildman–Crippen MR) is 72.7 cm³/mol. The van der Waals surface area contributed by atoms with Crippen LogP contribution in [0.5, 0.6) is 5.75 Å². The van der Waals surface area contributed by atoms with Gasteiger partial charge >= 0.3 is 0 Å². The molecule has 0 aliphatic heterocycles. The molecular weight excluding hydrogens is 242 g/mol. The van der Waals surface area contributed by atoms with Gasteiger partial charge in [0.05, 0.1) is 19.4 Å². The lowest BCUT2D eigenvalue weighted by molar-refractivity contribution is 0.275. The Labute approximate surface area is 112 Å². The molecule has 0 aliphatic carbocycles. The quantitative estimate of drug-likeness (QED) is 0.916. The average molecular weight is 261 g/mol. The Morgan fingerprint density at radius 2 is 2.11 bits per heavy atom. The molecule has 2 aromatic rings. The van der Waals surface area contributed by atoms with Gasteiger partial charge in [-0.1, -0.05) is 25.1 Å². The van der Waals surface area contributed by atoms with E-state index in [1.54, 1.807) is 11.8 Å². The second-order valence-electron chi connectivity index (χ2n) is 4.82. The molecule has 19 heavy (non-hydrogen) atoms. The fourth-order valence-electron chi connectivity index (χ4n) is 2.15. The van der Waals surface area contributed by atoms with E-state index in [9.17, 15) is 5.11 Å². The summed E-state index contributed by atoms with van der Waals surface area (Å²) < 4.78 is 7.13. The number of aryl methyl sites for hydroxylation is 1. The SMILES string of the molecule is COc1ccc(C)cc1-n1nnc(CO)c1C(C)C. The van der Waals surface area contributed by atoms with Crippen molar-refractivity contribution in [1.82, 2.24) is 15.0 Å². The molecule has 0 saturated carbocycles. The van der Waals surface area contributed by atoms with Crippen LogP contribution in [0.15, 0.2) is 18.2 Å². The van der Waals surface area contributed by atoms with Gasteiger partial charge in [0.25, 0.3) is 0 Å². The van der Waals surface area contributed by atoms with E-state index < -0.39 is 0 Å². The molecule has 0 amide bonds. The highest BCUT2D eigenvalue weighted by Gasteiger charge is 2.19. The summed E-state index contributed by atoms with van der Waals surface area (Å²) in [6.07, 6.45) is 0. The summed E-state index contributed by atoms with van der Waals surface area (Å²) >= 11 is 0. The first kappa shape index (κ1) is 13.5. The minimum Gasteiger partial charge on any atom is -0.494 e. The van der Waals surface area contributed by atoms with E-state index in [4.69, 9.17) is 4.74 Å². The van der Waals surface area contributed by atoms with Gasteiger partial charge in [-0.15, -0.1) is 5.10 Å². The summed E-state index contributed by atoms with van der Waals surface area (Å²) in [6, 6.07) is 5.90. The van der Waals surface area contributed by atoms with Crippen LogP contribution in [0.2, 0.25) is 0 Å². The molecule has 0 fully saturated rings. The Balaban J connectivity index is 2.65. The standard InChI is InChI=1S/C14H19N3O2/c1-9(2)14-11(8-18)15-16-17(14)12-7-10(3)5-6-13(12)19-4/h5-7,9,18H,8H2,1-4H3. The van der Waals surface area contributed by atoms with Gasteiger partial charge in [-0.3, -0.25) is 0 Å². The lowest BCUT2D eigenvalue weighted by Gasteiger charge is -2.14. The summed E-state index contributed by atoms with van der Waals surface area (Å²) in [6.45, 7) is 6.01. The zero-order chi connectivity index (χ0) is 14.0. The van der Waals surface area contributed by atoms with E-state index in [2.05, 4.69) is 24.2 Å². The number of aromatic nitrogens is 3. The molecule has 1 heterocycles. The third kappa shape index (κ3) is 2.46. The smallest absolute Gasteiger partial charge is 0.144 e. The number of ether oxygens (including phenoxy) is 1. The first-order chi connectivity index (χ1) is 9.08. The molecular formula is C14H19N3O2. The zero-order valence-electron chi connectivity index (χ0n) is 11.7. The van der Waals surface area contributed by atoms with E-state index in [0.717, 1.165) is 22.7 Å². The molecule has 0 saturated heterocycles. The molecule has 1 aromatic carbocycles. The van der Waals surface area contributed by atoms with Crippen LogP contribution in [0, 0.1) is 6.92 Å². The van der Waals surface area contributed by atoms with Gasteiger partial charge in [0.2, 0.25) is 0 Å². The van der Waals surface area contributed by atoms with E-state index in [1.807, 2.05) is 25.1 Å². The number of hydrogen-bond donors (Lipinski definition) is 1. The summed E-state index contributed by atoms with van der Waals surface area (Å²) in [5, 5.41) is 17.6. The van der Waals surface area contributed by atoms with Crippen molar-refractivity contribution in [1.29, 1.82) is 0 Å². The van der Waals surface area contributed by atoms with Crippen LogP contribution < -0.4 is 4.74 Å². The molecule has 0 radical (unpaired) electrons. The summed E-state index contributed by atoms with van der Waals surface area (Å²) in [4.78, 5) is 0. The Bertz CT molecular complexity index is 576. The number of aliphatic hydroxyl groups excluding tert-OH is 1. The molecule has 5 heteroatoms. The molecule has 1 aromatic heterocycles. The summed E-state index contributed by atoms with van der Waals surface area (Å²) in [7, 11) is 1.63. The minimum atomic E-state index is -0.109. The van der Waals surface area contributed by atoms with E-state index >= 15 is 0 Å². The molecule has 0 aliphatic rings. The van der Waals surface area contributed by atoms with E-state index in [-0.39, 0.29) is 12.5 Å². The van der Waals surface area contributed by atoms with Gasteiger partial charge in [-0.25, -0.2) is 4.68 Å². The highest BCUT2D eigenvalue weighted by Crippen LogP contribution is 2.28. The topological polar surface area (TPSA) is 60.2 Å². The van der Waals surface area contributed by atoms with Crippen LogP contribution in [0.25, 0.3) is 5.69 Å². The van der Waals surface area contributed by atoms with Crippen LogP contribution in [0.3, 0.4) is 0 Å². The Morgan fingerprint density at radius 3 is 2.68 bits per heavy atom. The van der Waals surface area contributed by atoms with Crippen molar-refractivity contribution in [2.75, 3.05) is 7.11 Å². The van der Waals surface area contributed by atoms with Crippen LogP contribution >= 0.6 is 0 Å². The molecule has 0 unspecified atom stereocenters. The number of hydrogen-bond acceptors (Lipinski definition) is 4. The van der Waals surface area contributed by atoms with Crippen LogP contribution in [0.1, 0.15) is 36.7 Å². The summed E-state index contributed by atoms with van der Waals surface area (Å²) in [5.74, 6) is 0.948. The second-order valence-corrected chi connectivity index (χ2v) is 4.82. The van der Waals surface area contributed by atoms with E-state index in [0.29, 0.717) is 5.69 Å². The minimum absolute atomic E-state index is 0.109. The molecule has 5 nitrogen and oxygen atoms in total. The van der Waals surface area contributed by atoms with Gasteiger partial charge in [0.1, 0.15) is 17.1 Å². The normalized spacial score (nSPS) is 11.1.